The van der Waals surface area contributed by atoms with E-state index in [1.165, 1.54) is 4.68 Å². The highest BCUT2D eigenvalue weighted by molar-refractivity contribution is 7.89. The normalized spacial score (nSPS) is 18.3. The fourth-order valence-electron chi connectivity index (χ4n) is 4.29. The first-order chi connectivity index (χ1) is 14.8. The highest BCUT2D eigenvalue weighted by atomic mass is 32.2. The van der Waals surface area contributed by atoms with Crippen LogP contribution >= 0.6 is 0 Å². The third-order valence-corrected chi connectivity index (χ3v) is 8.05. The van der Waals surface area contributed by atoms with Gasteiger partial charge in [0.25, 0.3) is 0 Å². The van der Waals surface area contributed by atoms with E-state index < -0.39 is 10.0 Å². The molecule has 1 N–H and O–H groups in total. The summed E-state index contributed by atoms with van der Waals surface area (Å²) in [6.07, 6.45) is 4.55. The zero-order valence-electron chi connectivity index (χ0n) is 18.0. The number of amides is 1. The lowest BCUT2D eigenvalue weighted by Gasteiger charge is -2.21. The third kappa shape index (κ3) is 4.04. The van der Waals surface area contributed by atoms with Crippen LogP contribution < -0.4 is 5.32 Å². The monoisotopic (exact) mass is 444 g/mol. The molecule has 1 saturated heterocycles. The van der Waals surface area contributed by atoms with Gasteiger partial charge in [0.05, 0.1) is 10.6 Å². The van der Waals surface area contributed by atoms with Crippen molar-refractivity contribution in [1.29, 1.82) is 0 Å². The summed E-state index contributed by atoms with van der Waals surface area (Å²) in [4.78, 5) is 24.9. The topological polar surface area (TPSA) is 101 Å². The van der Waals surface area contributed by atoms with Gasteiger partial charge in [0.15, 0.2) is 0 Å². The number of benzene rings is 1. The maximum atomic E-state index is 13.5. The first kappa shape index (κ1) is 21.7. The van der Waals surface area contributed by atoms with Crippen LogP contribution in [0.4, 0.5) is 5.82 Å². The molecule has 31 heavy (non-hydrogen) atoms. The molecule has 0 aliphatic carbocycles. The second-order valence-electron chi connectivity index (χ2n) is 8.18. The van der Waals surface area contributed by atoms with Gasteiger partial charge in [-0.1, -0.05) is 31.9 Å². The summed E-state index contributed by atoms with van der Waals surface area (Å²) in [6, 6.07) is 5.27. The molecule has 8 nitrogen and oxygen atoms in total. The molecule has 1 amide bonds. The first-order valence-electron chi connectivity index (χ1n) is 10.9. The highest BCUT2D eigenvalue weighted by Crippen LogP contribution is 2.36. The SMILES string of the molecule is CCc1nn2c(c1-c1ccc(C)c(S(=O)(=O)N3CCCCCC3)c1)NC(=O)CCC2=O. The Morgan fingerprint density at radius 3 is 2.45 bits per heavy atom. The van der Waals surface area contributed by atoms with E-state index in [-0.39, 0.29) is 29.6 Å². The molecule has 0 bridgehead atoms. The van der Waals surface area contributed by atoms with Crippen LogP contribution in [0.5, 0.6) is 0 Å². The quantitative estimate of drug-likeness (QED) is 0.779. The highest BCUT2D eigenvalue weighted by Gasteiger charge is 2.30. The maximum absolute atomic E-state index is 13.5. The lowest BCUT2D eigenvalue weighted by Crippen LogP contribution is -2.32. The lowest BCUT2D eigenvalue weighted by atomic mass is 10.0. The van der Waals surface area contributed by atoms with Gasteiger partial charge in [0.2, 0.25) is 21.8 Å². The fourth-order valence-corrected chi connectivity index (χ4v) is 6.05. The minimum Gasteiger partial charge on any atom is -0.310 e. The molecule has 3 heterocycles. The molecule has 2 aromatic rings. The number of carbonyl (C=O) groups is 2. The van der Waals surface area contributed by atoms with Crippen molar-refractivity contribution in [3.8, 4) is 11.1 Å². The van der Waals surface area contributed by atoms with E-state index in [0.29, 0.717) is 47.7 Å². The molecule has 0 radical (unpaired) electrons. The number of nitrogens with one attached hydrogen (secondary N) is 1. The van der Waals surface area contributed by atoms with Crippen molar-refractivity contribution in [2.45, 2.75) is 63.7 Å². The second-order valence-corrected chi connectivity index (χ2v) is 10.1. The number of anilines is 1. The average Bonchev–Trinajstić information content (AvgIpc) is 2.89. The molecule has 2 aliphatic rings. The van der Waals surface area contributed by atoms with Crippen LogP contribution in [0.25, 0.3) is 11.1 Å². The van der Waals surface area contributed by atoms with Crippen LogP contribution in [0.2, 0.25) is 0 Å². The molecule has 4 rings (SSSR count). The summed E-state index contributed by atoms with van der Waals surface area (Å²) in [5.74, 6) is -0.175. The standard InChI is InChI=1S/C22H28N4O4S/c1-3-17-21(22-23-19(27)10-11-20(28)26(22)24-17)16-9-8-15(2)18(14-16)31(29,30)25-12-6-4-5-7-13-25/h8-9,14H,3-7,10-13H2,1-2H3,(H,23,27). The second kappa shape index (κ2) is 8.55. The summed E-state index contributed by atoms with van der Waals surface area (Å²) in [5, 5.41) is 7.23. The Morgan fingerprint density at radius 1 is 1.06 bits per heavy atom. The molecule has 166 valence electrons. The molecule has 1 fully saturated rings. The lowest BCUT2D eigenvalue weighted by molar-refractivity contribution is -0.116. The van der Waals surface area contributed by atoms with Crippen LogP contribution in [0.15, 0.2) is 23.1 Å². The van der Waals surface area contributed by atoms with Gasteiger partial charge in [-0.05, 0) is 43.4 Å². The van der Waals surface area contributed by atoms with Gasteiger partial charge in [-0.2, -0.15) is 14.1 Å². The van der Waals surface area contributed by atoms with Crippen molar-refractivity contribution in [2.75, 3.05) is 18.4 Å². The van der Waals surface area contributed by atoms with Gasteiger partial charge in [-0.25, -0.2) is 8.42 Å². The Kier molecular flexibility index (Phi) is 5.98. The summed E-state index contributed by atoms with van der Waals surface area (Å²) in [7, 11) is -3.65. The zero-order chi connectivity index (χ0) is 22.2. The van der Waals surface area contributed by atoms with E-state index in [1.54, 1.807) is 23.4 Å². The summed E-state index contributed by atoms with van der Waals surface area (Å²) < 4.78 is 29.8. The number of fused-ring (bicyclic) bond motifs is 1. The van der Waals surface area contributed by atoms with E-state index in [2.05, 4.69) is 10.4 Å². The van der Waals surface area contributed by atoms with Crippen molar-refractivity contribution in [1.82, 2.24) is 14.1 Å². The Labute approximate surface area is 182 Å². The Hall–Kier alpha value is -2.52. The molecule has 2 aliphatic heterocycles. The molecule has 9 heteroatoms. The molecule has 0 spiro atoms. The molecule has 0 atom stereocenters. The van der Waals surface area contributed by atoms with Gasteiger partial charge < -0.3 is 5.32 Å². The molecular weight excluding hydrogens is 416 g/mol. The van der Waals surface area contributed by atoms with E-state index in [0.717, 1.165) is 25.7 Å². The number of aromatic nitrogens is 2. The van der Waals surface area contributed by atoms with Crippen molar-refractivity contribution < 1.29 is 18.0 Å². The van der Waals surface area contributed by atoms with E-state index in [9.17, 15) is 18.0 Å². The minimum absolute atomic E-state index is 0.0889. The number of nitrogens with zero attached hydrogens (tertiary/aromatic N) is 3. The van der Waals surface area contributed by atoms with Crippen LogP contribution in [0, 0.1) is 6.92 Å². The molecule has 1 aromatic carbocycles. The van der Waals surface area contributed by atoms with Crippen molar-refractivity contribution in [3.05, 3.63) is 29.5 Å². The largest absolute Gasteiger partial charge is 0.310 e. The van der Waals surface area contributed by atoms with Crippen LogP contribution in [-0.2, 0) is 21.2 Å². The van der Waals surface area contributed by atoms with E-state index >= 15 is 0 Å². The van der Waals surface area contributed by atoms with Gasteiger partial charge in [-0.3, -0.25) is 9.59 Å². The van der Waals surface area contributed by atoms with Crippen molar-refractivity contribution >= 4 is 27.7 Å². The number of carbonyl (C=O) groups excluding carboxylic acids is 2. The Balaban J connectivity index is 1.84. The van der Waals surface area contributed by atoms with Crippen molar-refractivity contribution in [3.63, 3.8) is 0 Å². The molecule has 1 aromatic heterocycles. The summed E-state index contributed by atoms with van der Waals surface area (Å²) in [5.41, 5.74) is 2.56. The van der Waals surface area contributed by atoms with Crippen LogP contribution in [-0.4, -0.2) is 47.4 Å². The number of hydrogen-bond donors (Lipinski definition) is 1. The number of rotatable bonds is 4. The number of aryl methyl sites for hydroxylation is 2. The summed E-state index contributed by atoms with van der Waals surface area (Å²) >= 11 is 0. The predicted octanol–water partition coefficient (Wildman–Crippen LogP) is 3.36. The predicted molar refractivity (Wildman–Crippen MR) is 117 cm³/mol. The fraction of sp³-hybridized carbons (Fsp3) is 0.500. The van der Waals surface area contributed by atoms with Gasteiger partial charge in [-0.15, -0.1) is 0 Å². The van der Waals surface area contributed by atoms with E-state index in [1.807, 2.05) is 13.0 Å². The van der Waals surface area contributed by atoms with Crippen LogP contribution in [0.3, 0.4) is 0 Å². The van der Waals surface area contributed by atoms with E-state index in [4.69, 9.17) is 0 Å². The number of hydrogen-bond acceptors (Lipinski definition) is 5. The van der Waals surface area contributed by atoms with Crippen molar-refractivity contribution in [2.24, 2.45) is 0 Å². The third-order valence-electron chi connectivity index (χ3n) is 6.01. The van der Waals surface area contributed by atoms with Gasteiger partial charge >= 0.3 is 0 Å². The minimum atomic E-state index is -3.65. The van der Waals surface area contributed by atoms with Crippen LogP contribution in [0.1, 0.15) is 61.5 Å². The Bertz CT molecular complexity index is 1130. The zero-order valence-corrected chi connectivity index (χ0v) is 18.8. The van der Waals surface area contributed by atoms with Gasteiger partial charge in [0, 0.05) is 31.5 Å². The molecule has 0 saturated carbocycles. The Morgan fingerprint density at radius 2 is 1.77 bits per heavy atom. The van der Waals surface area contributed by atoms with Gasteiger partial charge in [0.1, 0.15) is 5.82 Å². The maximum Gasteiger partial charge on any atom is 0.249 e. The first-order valence-corrected chi connectivity index (χ1v) is 12.3. The molecule has 0 unspecified atom stereocenters. The number of sulfonamides is 1. The molecular formula is C22H28N4O4S. The smallest absolute Gasteiger partial charge is 0.249 e. The summed E-state index contributed by atoms with van der Waals surface area (Å²) in [6.45, 7) is 4.76. The average molecular weight is 445 g/mol.